The molecule has 0 fully saturated rings. The van der Waals surface area contributed by atoms with Gasteiger partial charge in [-0.05, 0) is 26.7 Å². The van der Waals surface area contributed by atoms with Gasteiger partial charge >= 0.3 is 0 Å². The Labute approximate surface area is 111 Å². The van der Waals surface area contributed by atoms with Crippen LogP contribution in [0.4, 0.5) is 0 Å². The van der Waals surface area contributed by atoms with Crippen molar-refractivity contribution in [3.8, 4) is 0 Å². The fourth-order valence-corrected chi connectivity index (χ4v) is 2.23. The molecule has 0 aromatic rings. The summed E-state index contributed by atoms with van der Waals surface area (Å²) in [7, 11) is 0. The first-order valence-electron chi connectivity index (χ1n) is 6.99. The average molecular weight is 262 g/mol. The Bertz CT molecular complexity index is 195. The maximum Gasteiger partial charge on any atom is 0.220 e. The zero-order chi connectivity index (χ0) is 13.1. The van der Waals surface area contributed by atoms with Crippen LogP contribution in [0.2, 0.25) is 0 Å². The van der Waals surface area contributed by atoms with Crippen molar-refractivity contribution in [3.63, 3.8) is 0 Å². The van der Waals surface area contributed by atoms with Gasteiger partial charge in [0.05, 0.1) is 0 Å². The van der Waals surface area contributed by atoms with Gasteiger partial charge in [-0.1, -0.05) is 39.0 Å². The molecule has 1 N–H and O–H groups in total. The maximum atomic E-state index is 11.6. The van der Waals surface area contributed by atoms with Crippen molar-refractivity contribution in [2.24, 2.45) is 0 Å². The Hall–Kier alpha value is -0.240. The standard InChI is InChI=1S/C14H28ClNO/c1-4-5-6-7-8-9-10-14(17)16-13(3)11-12(2)15/h12-13H,4-11H2,1-3H3,(H,16,17). The number of alkyl halides is 1. The predicted molar refractivity (Wildman–Crippen MR) is 75.5 cm³/mol. The minimum atomic E-state index is 0.124. The van der Waals surface area contributed by atoms with Gasteiger partial charge in [0.2, 0.25) is 5.91 Å². The first-order valence-corrected chi connectivity index (χ1v) is 7.43. The molecule has 102 valence electrons. The third kappa shape index (κ3) is 12.0. The molecule has 0 aromatic carbocycles. The molecule has 0 saturated carbocycles. The lowest BCUT2D eigenvalue weighted by Gasteiger charge is -2.14. The highest BCUT2D eigenvalue weighted by Crippen LogP contribution is 2.08. The van der Waals surface area contributed by atoms with Crippen LogP contribution in [-0.4, -0.2) is 17.3 Å². The van der Waals surface area contributed by atoms with E-state index >= 15 is 0 Å². The summed E-state index contributed by atoms with van der Waals surface area (Å²) in [4.78, 5) is 11.6. The van der Waals surface area contributed by atoms with Crippen molar-refractivity contribution in [1.29, 1.82) is 0 Å². The Morgan fingerprint density at radius 1 is 1.12 bits per heavy atom. The zero-order valence-corrected chi connectivity index (χ0v) is 12.4. The second kappa shape index (κ2) is 10.9. The molecule has 0 rings (SSSR count). The molecule has 0 aromatic heterocycles. The van der Waals surface area contributed by atoms with E-state index in [1.807, 2.05) is 13.8 Å². The van der Waals surface area contributed by atoms with E-state index in [-0.39, 0.29) is 17.3 Å². The SMILES string of the molecule is CCCCCCCCC(=O)NC(C)CC(C)Cl. The van der Waals surface area contributed by atoms with Gasteiger partial charge in [0.1, 0.15) is 0 Å². The summed E-state index contributed by atoms with van der Waals surface area (Å²) in [6.45, 7) is 6.18. The number of unbranched alkanes of at least 4 members (excludes halogenated alkanes) is 5. The second-order valence-corrected chi connectivity index (χ2v) is 5.75. The number of rotatable bonds is 10. The van der Waals surface area contributed by atoms with E-state index in [0.29, 0.717) is 6.42 Å². The molecule has 17 heavy (non-hydrogen) atoms. The largest absolute Gasteiger partial charge is 0.354 e. The average Bonchev–Trinajstić information content (AvgIpc) is 2.21. The summed E-state index contributed by atoms with van der Waals surface area (Å²) in [5.74, 6) is 0.172. The van der Waals surface area contributed by atoms with Crippen molar-refractivity contribution in [1.82, 2.24) is 5.32 Å². The normalized spacial score (nSPS) is 14.4. The molecule has 3 heteroatoms. The summed E-state index contributed by atoms with van der Waals surface area (Å²) < 4.78 is 0. The Balaban J connectivity index is 3.40. The molecule has 1 amide bonds. The van der Waals surface area contributed by atoms with Gasteiger partial charge in [0.15, 0.2) is 0 Å². The van der Waals surface area contributed by atoms with Crippen molar-refractivity contribution in [2.45, 2.75) is 83.6 Å². The molecule has 2 nitrogen and oxygen atoms in total. The lowest BCUT2D eigenvalue weighted by Crippen LogP contribution is -2.33. The lowest BCUT2D eigenvalue weighted by atomic mass is 10.1. The van der Waals surface area contributed by atoms with Crippen LogP contribution in [0.15, 0.2) is 0 Å². The number of hydrogen-bond donors (Lipinski definition) is 1. The van der Waals surface area contributed by atoms with Crippen molar-refractivity contribution in [3.05, 3.63) is 0 Å². The fourth-order valence-electron chi connectivity index (χ4n) is 1.96. The van der Waals surface area contributed by atoms with E-state index in [0.717, 1.165) is 12.8 Å². The first kappa shape index (κ1) is 16.8. The molecule has 2 unspecified atom stereocenters. The van der Waals surface area contributed by atoms with Gasteiger partial charge in [-0.3, -0.25) is 4.79 Å². The highest BCUT2D eigenvalue weighted by atomic mass is 35.5. The smallest absolute Gasteiger partial charge is 0.220 e. The highest BCUT2D eigenvalue weighted by Gasteiger charge is 2.09. The first-order chi connectivity index (χ1) is 8.06. The van der Waals surface area contributed by atoms with Crippen LogP contribution in [0.5, 0.6) is 0 Å². The van der Waals surface area contributed by atoms with Crippen molar-refractivity contribution in [2.75, 3.05) is 0 Å². The molecule has 0 heterocycles. The lowest BCUT2D eigenvalue weighted by molar-refractivity contribution is -0.121. The van der Waals surface area contributed by atoms with Crippen LogP contribution >= 0.6 is 11.6 Å². The summed E-state index contributed by atoms with van der Waals surface area (Å²) in [5, 5.41) is 3.11. The minimum Gasteiger partial charge on any atom is -0.354 e. The van der Waals surface area contributed by atoms with Crippen LogP contribution < -0.4 is 5.32 Å². The van der Waals surface area contributed by atoms with Crippen LogP contribution in [-0.2, 0) is 4.79 Å². The molecule has 0 aliphatic heterocycles. The van der Waals surface area contributed by atoms with Gasteiger partial charge in [-0.15, -0.1) is 11.6 Å². The zero-order valence-electron chi connectivity index (χ0n) is 11.6. The van der Waals surface area contributed by atoms with E-state index in [2.05, 4.69) is 12.2 Å². The predicted octanol–water partition coefficient (Wildman–Crippen LogP) is 4.26. The van der Waals surface area contributed by atoms with Crippen LogP contribution in [0.3, 0.4) is 0 Å². The number of carbonyl (C=O) groups excluding carboxylic acids is 1. The minimum absolute atomic E-state index is 0.124. The van der Waals surface area contributed by atoms with E-state index in [9.17, 15) is 4.79 Å². The second-order valence-electron chi connectivity index (χ2n) is 5.00. The molecular formula is C14H28ClNO. The van der Waals surface area contributed by atoms with Gasteiger partial charge in [-0.2, -0.15) is 0 Å². The van der Waals surface area contributed by atoms with Gasteiger partial charge in [0.25, 0.3) is 0 Å². The number of hydrogen-bond acceptors (Lipinski definition) is 1. The van der Waals surface area contributed by atoms with Crippen molar-refractivity contribution < 1.29 is 4.79 Å². The Morgan fingerprint density at radius 3 is 2.29 bits per heavy atom. The summed E-state index contributed by atoms with van der Waals surface area (Å²) in [6.07, 6.45) is 8.84. The Kier molecular flexibility index (Phi) is 10.7. The molecule has 0 spiro atoms. The number of carbonyl (C=O) groups is 1. The fraction of sp³-hybridized carbons (Fsp3) is 0.929. The topological polar surface area (TPSA) is 29.1 Å². The van der Waals surface area contributed by atoms with Crippen LogP contribution in [0.1, 0.15) is 72.1 Å². The molecular weight excluding hydrogens is 234 g/mol. The number of halogens is 1. The molecule has 0 saturated heterocycles. The Morgan fingerprint density at radius 2 is 1.71 bits per heavy atom. The van der Waals surface area contributed by atoms with Crippen LogP contribution in [0.25, 0.3) is 0 Å². The monoisotopic (exact) mass is 261 g/mol. The summed E-state index contributed by atoms with van der Waals surface area (Å²) in [5.41, 5.74) is 0. The summed E-state index contributed by atoms with van der Waals surface area (Å²) in [6, 6.07) is 0.190. The molecule has 2 atom stereocenters. The van der Waals surface area contributed by atoms with Gasteiger partial charge in [-0.25, -0.2) is 0 Å². The maximum absolute atomic E-state index is 11.6. The third-order valence-corrected chi connectivity index (χ3v) is 3.02. The molecule has 0 bridgehead atoms. The molecule has 0 aliphatic rings. The molecule has 0 aliphatic carbocycles. The van der Waals surface area contributed by atoms with Gasteiger partial charge < -0.3 is 5.32 Å². The van der Waals surface area contributed by atoms with Crippen LogP contribution in [0, 0.1) is 0 Å². The van der Waals surface area contributed by atoms with Crippen molar-refractivity contribution >= 4 is 17.5 Å². The number of nitrogens with one attached hydrogen (secondary N) is 1. The highest BCUT2D eigenvalue weighted by molar-refractivity contribution is 6.20. The quantitative estimate of drug-likeness (QED) is 0.462. The third-order valence-electron chi connectivity index (χ3n) is 2.84. The summed E-state index contributed by atoms with van der Waals surface area (Å²) >= 11 is 5.88. The van der Waals surface area contributed by atoms with E-state index in [1.54, 1.807) is 0 Å². The van der Waals surface area contributed by atoms with Gasteiger partial charge in [0, 0.05) is 17.8 Å². The number of amides is 1. The van der Waals surface area contributed by atoms with E-state index < -0.39 is 0 Å². The molecule has 0 radical (unpaired) electrons. The van der Waals surface area contributed by atoms with E-state index in [1.165, 1.54) is 32.1 Å². The van der Waals surface area contributed by atoms with E-state index in [4.69, 9.17) is 11.6 Å².